The number of hydrogen-bond acceptors (Lipinski definition) is 3. The van der Waals surface area contributed by atoms with Gasteiger partial charge in [0.15, 0.2) is 0 Å². The Balaban J connectivity index is 2.38. The maximum Gasteiger partial charge on any atom is 0.327 e. The zero-order valence-corrected chi connectivity index (χ0v) is 8.14. The molecule has 1 aromatic carbocycles. The molecule has 0 heterocycles. The minimum atomic E-state index is -0.292. The third-order valence-electron chi connectivity index (χ3n) is 1.57. The summed E-state index contributed by atoms with van der Waals surface area (Å²) in [6.07, 6.45) is 1.66. The zero-order valence-electron chi connectivity index (χ0n) is 8.14. The summed E-state index contributed by atoms with van der Waals surface area (Å²) in [5.74, 6) is -0.292. The molecule has 0 spiro atoms. The molecule has 3 heteroatoms. The number of aliphatic imine (C=N–C) groups is 1. The highest BCUT2D eigenvalue weighted by Crippen LogP contribution is 1.93. The van der Waals surface area contributed by atoms with E-state index in [4.69, 9.17) is 4.74 Å². The predicted molar refractivity (Wildman–Crippen MR) is 55.5 cm³/mol. The van der Waals surface area contributed by atoms with Crippen molar-refractivity contribution < 1.29 is 9.53 Å². The highest BCUT2D eigenvalue weighted by Gasteiger charge is 1.96. The van der Waals surface area contributed by atoms with Gasteiger partial charge in [-0.3, -0.25) is 9.79 Å². The van der Waals surface area contributed by atoms with Crippen molar-refractivity contribution in [1.29, 1.82) is 0 Å². The van der Waals surface area contributed by atoms with Gasteiger partial charge in [0.25, 0.3) is 0 Å². The Morgan fingerprint density at radius 3 is 2.79 bits per heavy atom. The van der Waals surface area contributed by atoms with Gasteiger partial charge in [0.1, 0.15) is 6.54 Å². The molecule has 0 radical (unpaired) electrons. The minimum Gasteiger partial charge on any atom is -0.465 e. The van der Waals surface area contributed by atoms with E-state index in [-0.39, 0.29) is 12.5 Å². The van der Waals surface area contributed by atoms with E-state index in [2.05, 4.69) is 4.99 Å². The van der Waals surface area contributed by atoms with Crippen molar-refractivity contribution in [2.24, 2.45) is 4.99 Å². The van der Waals surface area contributed by atoms with Gasteiger partial charge in [0.05, 0.1) is 6.61 Å². The molecule has 3 nitrogen and oxygen atoms in total. The SMILES string of the molecule is CCOC(=O)C/N=C/c1ccccc1. The lowest BCUT2D eigenvalue weighted by Gasteiger charge is -1.96. The lowest BCUT2D eigenvalue weighted by Crippen LogP contribution is -2.07. The summed E-state index contributed by atoms with van der Waals surface area (Å²) in [5.41, 5.74) is 0.983. The van der Waals surface area contributed by atoms with Crippen LogP contribution in [-0.4, -0.2) is 25.3 Å². The Bertz CT molecular complexity index is 306. The first-order chi connectivity index (χ1) is 6.83. The van der Waals surface area contributed by atoms with E-state index in [0.29, 0.717) is 6.61 Å². The molecule has 0 aliphatic rings. The van der Waals surface area contributed by atoms with E-state index in [1.54, 1.807) is 13.1 Å². The molecule has 14 heavy (non-hydrogen) atoms. The fourth-order valence-electron chi connectivity index (χ4n) is 0.971. The van der Waals surface area contributed by atoms with Crippen LogP contribution in [0.2, 0.25) is 0 Å². The molecule has 0 bridgehead atoms. The molecule has 0 atom stereocenters. The average Bonchev–Trinajstić information content (AvgIpc) is 2.20. The molecule has 0 unspecified atom stereocenters. The van der Waals surface area contributed by atoms with Crippen LogP contribution in [0.15, 0.2) is 35.3 Å². The number of carbonyl (C=O) groups is 1. The Morgan fingerprint density at radius 1 is 1.43 bits per heavy atom. The first-order valence-electron chi connectivity index (χ1n) is 4.53. The maximum atomic E-state index is 10.9. The summed E-state index contributed by atoms with van der Waals surface area (Å²) in [7, 11) is 0. The minimum absolute atomic E-state index is 0.0860. The number of ether oxygens (including phenoxy) is 1. The Kier molecular flexibility index (Phi) is 4.41. The van der Waals surface area contributed by atoms with Crippen molar-refractivity contribution in [1.82, 2.24) is 0 Å². The van der Waals surface area contributed by atoms with Gasteiger partial charge in [0.2, 0.25) is 0 Å². The lowest BCUT2D eigenvalue weighted by atomic mass is 10.2. The van der Waals surface area contributed by atoms with Crippen molar-refractivity contribution in [3.63, 3.8) is 0 Å². The van der Waals surface area contributed by atoms with Crippen molar-refractivity contribution in [3.8, 4) is 0 Å². The average molecular weight is 191 g/mol. The number of rotatable bonds is 4. The van der Waals surface area contributed by atoms with Crippen molar-refractivity contribution in [2.45, 2.75) is 6.92 Å². The molecule has 0 saturated heterocycles. The van der Waals surface area contributed by atoms with Crippen molar-refractivity contribution in [2.75, 3.05) is 13.2 Å². The van der Waals surface area contributed by atoms with Gasteiger partial charge in [-0.2, -0.15) is 0 Å². The molecule has 0 N–H and O–H groups in total. The van der Waals surface area contributed by atoms with Crippen LogP contribution in [0, 0.1) is 0 Å². The standard InChI is InChI=1S/C11H13NO2/c1-2-14-11(13)9-12-8-10-6-4-3-5-7-10/h3-8H,2,9H2,1H3/b12-8+. The van der Waals surface area contributed by atoms with Crippen LogP contribution in [0.25, 0.3) is 0 Å². The largest absolute Gasteiger partial charge is 0.465 e. The summed E-state index contributed by atoms with van der Waals surface area (Å²) in [6.45, 7) is 2.27. The molecular weight excluding hydrogens is 178 g/mol. The van der Waals surface area contributed by atoms with Crippen LogP contribution in [0.1, 0.15) is 12.5 Å². The number of hydrogen-bond donors (Lipinski definition) is 0. The van der Waals surface area contributed by atoms with Crippen molar-refractivity contribution in [3.05, 3.63) is 35.9 Å². The van der Waals surface area contributed by atoms with Crippen LogP contribution in [-0.2, 0) is 9.53 Å². The van der Waals surface area contributed by atoms with Gasteiger partial charge in [-0.15, -0.1) is 0 Å². The van der Waals surface area contributed by atoms with E-state index in [1.807, 2.05) is 30.3 Å². The Hall–Kier alpha value is -1.64. The van der Waals surface area contributed by atoms with Gasteiger partial charge in [0, 0.05) is 6.21 Å². The second-order valence-corrected chi connectivity index (χ2v) is 2.69. The smallest absolute Gasteiger partial charge is 0.327 e. The summed E-state index contributed by atoms with van der Waals surface area (Å²) < 4.78 is 4.73. The van der Waals surface area contributed by atoms with E-state index < -0.39 is 0 Å². The van der Waals surface area contributed by atoms with Crippen LogP contribution in [0.5, 0.6) is 0 Å². The number of carbonyl (C=O) groups excluding carboxylic acids is 1. The van der Waals surface area contributed by atoms with Crippen LogP contribution >= 0.6 is 0 Å². The molecule has 0 amide bonds. The van der Waals surface area contributed by atoms with Gasteiger partial charge in [-0.25, -0.2) is 0 Å². The molecule has 1 rings (SSSR count). The molecule has 0 fully saturated rings. The molecular formula is C11H13NO2. The highest BCUT2D eigenvalue weighted by molar-refractivity contribution is 5.82. The van der Waals surface area contributed by atoms with Gasteiger partial charge >= 0.3 is 5.97 Å². The molecule has 0 aromatic heterocycles. The van der Waals surface area contributed by atoms with Crippen LogP contribution in [0.4, 0.5) is 0 Å². The maximum absolute atomic E-state index is 10.9. The topological polar surface area (TPSA) is 38.7 Å². The molecule has 0 aliphatic carbocycles. The molecule has 0 aliphatic heterocycles. The molecule has 74 valence electrons. The summed E-state index contributed by atoms with van der Waals surface area (Å²) in [6, 6.07) is 9.63. The third-order valence-corrected chi connectivity index (χ3v) is 1.57. The van der Waals surface area contributed by atoms with Crippen molar-refractivity contribution >= 4 is 12.2 Å². The normalized spacial score (nSPS) is 10.4. The predicted octanol–water partition coefficient (Wildman–Crippen LogP) is 1.67. The van der Waals surface area contributed by atoms with E-state index in [9.17, 15) is 4.79 Å². The summed E-state index contributed by atoms with van der Waals surface area (Å²) in [5, 5.41) is 0. The van der Waals surface area contributed by atoms with Gasteiger partial charge < -0.3 is 4.74 Å². The Labute approximate surface area is 83.4 Å². The number of benzene rings is 1. The van der Waals surface area contributed by atoms with E-state index in [0.717, 1.165) is 5.56 Å². The number of nitrogens with zero attached hydrogens (tertiary/aromatic N) is 1. The van der Waals surface area contributed by atoms with Crippen LogP contribution in [0.3, 0.4) is 0 Å². The van der Waals surface area contributed by atoms with Gasteiger partial charge in [-0.05, 0) is 12.5 Å². The lowest BCUT2D eigenvalue weighted by molar-refractivity contribution is -0.141. The number of esters is 1. The summed E-state index contributed by atoms with van der Waals surface area (Å²) >= 11 is 0. The monoisotopic (exact) mass is 191 g/mol. The highest BCUT2D eigenvalue weighted by atomic mass is 16.5. The summed E-state index contributed by atoms with van der Waals surface area (Å²) in [4.78, 5) is 14.9. The van der Waals surface area contributed by atoms with E-state index >= 15 is 0 Å². The molecule has 1 aromatic rings. The fourth-order valence-corrected chi connectivity index (χ4v) is 0.971. The first-order valence-corrected chi connectivity index (χ1v) is 4.53. The second kappa shape index (κ2) is 5.91. The first kappa shape index (κ1) is 10.4. The van der Waals surface area contributed by atoms with E-state index in [1.165, 1.54) is 0 Å². The Morgan fingerprint density at radius 2 is 2.14 bits per heavy atom. The third kappa shape index (κ3) is 3.85. The molecule has 0 saturated carbocycles. The van der Waals surface area contributed by atoms with Crippen LogP contribution < -0.4 is 0 Å². The zero-order chi connectivity index (χ0) is 10.2. The second-order valence-electron chi connectivity index (χ2n) is 2.69. The van der Waals surface area contributed by atoms with Gasteiger partial charge in [-0.1, -0.05) is 30.3 Å². The quantitative estimate of drug-likeness (QED) is 0.536. The fraction of sp³-hybridized carbons (Fsp3) is 0.273.